The van der Waals surface area contributed by atoms with E-state index in [9.17, 15) is 9.59 Å². The van der Waals surface area contributed by atoms with Gasteiger partial charge in [-0.05, 0) is 29.8 Å². The topological polar surface area (TPSA) is 93.2 Å². The monoisotopic (exact) mass is 388 g/mol. The third-order valence-electron chi connectivity index (χ3n) is 3.32. The molecule has 2 amide bonds. The molecule has 0 bridgehead atoms. The number of rotatable bonds is 6. The van der Waals surface area contributed by atoms with Crippen LogP contribution in [0.1, 0.15) is 5.56 Å². The number of hydrogen-bond donors (Lipinski definition) is 2. The third-order valence-corrected chi connectivity index (χ3v) is 5.55. The normalized spacial score (nSPS) is 10.5. The molecule has 3 rings (SSSR count). The van der Waals surface area contributed by atoms with Gasteiger partial charge in [-0.1, -0.05) is 17.8 Å². The molecule has 0 aliphatic rings. The van der Waals surface area contributed by atoms with Crippen LogP contribution in [-0.2, 0) is 15.3 Å². The van der Waals surface area contributed by atoms with Crippen LogP contribution in [0.25, 0.3) is 10.2 Å². The van der Waals surface area contributed by atoms with E-state index in [1.54, 1.807) is 35.4 Å². The van der Waals surface area contributed by atoms with Crippen molar-refractivity contribution in [3.05, 3.63) is 48.3 Å². The predicted octanol–water partition coefficient (Wildman–Crippen LogP) is 3.28. The maximum absolute atomic E-state index is 11.8. The van der Waals surface area contributed by atoms with E-state index < -0.39 is 6.09 Å². The summed E-state index contributed by atoms with van der Waals surface area (Å²) in [6.07, 6.45) is 2.95. The fourth-order valence-corrected chi connectivity index (χ4v) is 4.14. The summed E-state index contributed by atoms with van der Waals surface area (Å²) in [4.78, 5) is 31.5. The van der Waals surface area contributed by atoms with Crippen LogP contribution in [0.4, 0.5) is 10.5 Å². The van der Waals surface area contributed by atoms with Gasteiger partial charge >= 0.3 is 6.09 Å². The second-order valence-electron chi connectivity index (χ2n) is 5.21. The Kier molecular flexibility index (Phi) is 6.03. The number of anilines is 1. The number of hydrogen-bond acceptors (Lipinski definition) is 7. The first-order valence-electron chi connectivity index (χ1n) is 7.68. The van der Waals surface area contributed by atoms with Crippen LogP contribution in [0.3, 0.4) is 0 Å². The third kappa shape index (κ3) is 4.93. The number of carbonyl (C=O) groups is 2. The number of alkyl carbamates (subject to hydrolysis) is 1. The highest BCUT2D eigenvalue weighted by Gasteiger charge is 2.09. The number of nitrogens with zero attached hydrogens (tertiary/aromatic N) is 2. The second-order valence-corrected chi connectivity index (χ2v) is 7.46. The molecule has 0 fully saturated rings. The summed E-state index contributed by atoms with van der Waals surface area (Å²) < 4.78 is 6.37. The zero-order valence-electron chi connectivity index (χ0n) is 13.9. The Morgan fingerprint density at radius 2 is 2.19 bits per heavy atom. The largest absolute Gasteiger partial charge is 0.453 e. The fraction of sp³-hybridized carbons (Fsp3) is 0.176. The van der Waals surface area contributed by atoms with Crippen LogP contribution in [-0.4, -0.2) is 35.6 Å². The highest BCUT2D eigenvalue weighted by Crippen LogP contribution is 2.32. The summed E-state index contributed by atoms with van der Waals surface area (Å²) in [5.41, 5.74) is 2.68. The lowest BCUT2D eigenvalue weighted by Gasteiger charge is -2.05. The Hall–Kier alpha value is -2.65. The van der Waals surface area contributed by atoms with Gasteiger partial charge in [-0.25, -0.2) is 9.78 Å². The minimum atomic E-state index is -0.645. The van der Waals surface area contributed by atoms with E-state index in [-0.39, 0.29) is 12.5 Å². The highest BCUT2D eigenvalue weighted by molar-refractivity contribution is 8.00. The molecule has 0 saturated carbocycles. The van der Waals surface area contributed by atoms with Crippen molar-refractivity contribution in [3.8, 4) is 0 Å². The SMILES string of the molecule is COC(=O)NCC(=O)Nc1ccc2nc(SCc3cccnc3)sc2c1. The van der Waals surface area contributed by atoms with E-state index in [1.807, 2.05) is 30.5 Å². The van der Waals surface area contributed by atoms with Crippen LogP contribution in [0.15, 0.2) is 47.1 Å². The number of ether oxygens (including phenoxy) is 1. The van der Waals surface area contributed by atoms with Crippen molar-refractivity contribution in [2.75, 3.05) is 19.0 Å². The van der Waals surface area contributed by atoms with Gasteiger partial charge in [-0.2, -0.15) is 0 Å². The average molecular weight is 388 g/mol. The molecule has 0 aliphatic carbocycles. The van der Waals surface area contributed by atoms with Crippen molar-refractivity contribution < 1.29 is 14.3 Å². The van der Waals surface area contributed by atoms with Crippen molar-refractivity contribution in [2.45, 2.75) is 10.1 Å². The Labute approximate surface area is 158 Å². The van der Waals surface area contributed by atoms with E-state index in [4.69, 9.17) is 0 Å². The van der Waals surface area contributed by atoms with Crippen LogP contribution < -0.4 is 10.6 Å². The summed E-state index contributed by atoms with van der Waals surface area (Å²) in [5, 5.41) is 5.07. The van der Waals surface area contributed by atoms with E-state index in [0.29, 0.717) is 5.69 Å². The maximum atomic E-state index is 11.8. The number of thioether (sulfide) groups is 1. The number of amides is 2. The molecule has 134 valence electrons. The Morgan fingerprint density at radius 3 is 2.96 bits per heavy atom. The standard InChI is InChI=1S/C17H16N4O3S2/c1-24-16(23)19-9-15(22)20-12-4-5-13-14(7-12)26-17(21-13)25-10-11-3-2-6-18-8-11/h2-8H,9-10H2,1H3,(H,19,23)(H,20,22). The first kappa shape index (κ1) is 18.2. The molecule has 3 aromatic rings. The molecular weight excluding hydrogens is 372 g/mol. The molecule has 2 heterocycles. The minimum Gasteiger partial charge on any atom is -0.453 e. The van der Waals surface area contributed by atoms with Gasteiger partial charge in [0.15, 0.2) is 4.34 Å². The number of benzene rings is 1. The molecule has 9 heteroatoms. The lowest BCUT2D eigenvalue weighted by atomic mass is 10.3. The Morgan fingerprint density at radius 1 is 1.31 bits per heavy atom. The quantitative estimate of drug-likeness (QED) is 0.630. The molecule has 0 unspecified atom stereocenters. The molecule has 0 saturated heterocycles. The molecule has 7 nitrogen and oxygen atoms in total. The molecule has 2 aromatic heterocycles. The molecule has 26 heavy (non-hydrogen) atoms. The fourth-order valence-electron chi connectivity index (χ4n) is 2.10. The predicted molar refractivity (Wildman–Crippen MR) is 102 cm³/mol. The van der Waals surface area contributed by atoms with E-state index >= 15 is 0 Å². The number of aromatic nitrogens is 2. The van der Waals surface area contributed by atoms with Gasteiger partial charge in [-0.3, -0.25) is 9.78 Å². The lowest BCUT2D eigenvalue weighted by Crippen LogP contribution is -2.32. The molecule has 2 N–H and O–H groups in total. The Bertz CT molecular complexity index is 915. The zero-order chi connectivity index (χ0) is 18.4. The van der Waals surface area contributed by atoms with Crippen LogP contribution in [0.2, 0.25) is 0 Å². The second kappa shape index (κ2) is 8.63. The summed E-state index contributed by atoms with van der Waals surface area (Å²) in [6.45, 7) is -0.153. The summed E-state index contributed by atoms with van der Waals surface area (Å²) in [6, 6.07) is 9.47. The van der Waals surface area contributed by atoms with Gasteiger partial charge in [0.05, 0.1) is 17.3 Å². The summed E-state index contributed by atoms with van der Waals surface area (Å²) in [7, 11) is 1.24. The molecular formula is C17H16N4O3S2. The smallest absolute Gasteiger partial charge is 0.407 e. The van der Waals surface area contributed by atoms with Crippen LogP contribution in [0.5, 0.6) is 0 Å². The van der Waals surface area contributed by atoms with Crippen molar-refractivity contribution in [3.63, 3.8) is 0 Å². The number of pyridine rings is 1. The van der Waals surface area contributed by atoms with Crippen LogP contribution >= 0.6 is 23.1 Å². The van der Waals surface area contributed by atoms with Crippen molar-refractivity contribution >= 4 is 51.0 Å². The van der Waals surface area contributed by atoms with Gasteiger partial charge in [0.1, 0.15) is 6.54 Å². The number of nitrogens with one attached hydrogen (secondary N) is 2. The van der Waals surface area contributed by atoms with Gasteiger partial charge < -0.3 is 15.4 Å². The average Bonchev–Trinajstić information content (AvgIpc) is 3.07. The van der Waals surface area contributed by atoms with Crippen molar-refractivity contribution in [2.24, 2.45) is 0 Å². The molecule has 0 atom stereocenters. The first-order chi connectivity index (χ1) is 12.6. The Balaban J connectivity index is 1.61. The lowest BCUT2D eigenvalue weighted by molar-refractivity contribution is -0.115. The molecule has 0 spiro atoms. The molecule has 0 radical (unpaired) electrons. The highest BCUT2D eigenvalue weighted by atomic mass is 32.2. The number of methoxy groups -OCH3 is 1. The van der Waals surface area contributed by atoms with Crippen LogP contribution in [0, 0.1) is 0 Å². The summed E-state index contributed by atoms with van der Waals surface area (Å²) >= 11 is 3.22. The number of fused-ring (bicyclic) bond motifs is 1. The maximum Gasteiger partial charge on any atom is 0.407 e. The van der Waals surface area contributed by atoms with Crippen molar-refractivity contribution in [1.29, 1.82) is 0 Å². The molecule has 0 aliphatic heterocycles. The van der Waals surface area contributed by atoms with E-state index in [0.717, 1.165) is 25.9 Å². The van der Waals surface area contributed by atoms with Crippen molar-refractivity contribution in [1.82, 2.24) is 15.3 Å². The van der Waals surface area contributed by atoms with Gasteiger partial charge in [0, 0.05) is 23.8 Å². The van der Waals surface area contributed by atoms with E-state index in [2.05, 4.69) is 25.3 Å². The van der Waals surface area contributed by atoms with Gasteiger partial charge in [0.25, 0.3) is 0 Å². The first-order valence-corrected chi connectivity index (χ1v) is 9.48. The van der Waals surface area contributed by atoms with Gasteiger partial charge in [0.2, 0.25) is 5.91 Å². The zero-order valence-corrected chi connectivity index (χ0v) is 15.5. The minimum absolute atomic E-state index is 0.153. The van der Waals surface area contributed by atoms with E-state index in [1.165, 1.54) is 7.11 Å². The number of thiazole rings is 1. The summed E-state index contributed by atoms with van der Waals surface area (Å²) in [5.74, 6) is 0.474. The van der Waals surface area contributed by atoms with Gasteiger partial charge in [-0.15, -0.1) is 11.3 Å². The number of carbonyl (C=O) groups excluding carboxylic acids is 2. The molecule has 1 aromatic carbocycles.